The molecule has 128 valence electrons. The Balaban J connectivity index is 1.39. The van der Waals surface area contributed by atoms with Crippen molar-refractivity contribution in [1.29, 1.82) is 0 Å². The third kappa shape index (κ3) is 3.44. The van der Waals surface area contributed by atoms with Crippen LogP contribution in [0.2, 0.25) is 0 Å². The van der Waals surface area contributed by atoms with Gasteiger partial charge in [-0.2, -0.15) is 0 Å². The zero-order chi connectivity index (χ0) is 17.2. The molecular formula is C19H20N4OS. The van der Waals surface area contributed by atoms with E-state index in [9.17, 15) is 4.79 Å². The molecule has 1 aromatic heterocycles. The van der Waals surface area contributed by atoms with Gasteiger partial charge in [0, 0.05) is 31.9 Å². The van der Waals surface area contributed by atoms with Crippen molar-refractivity contribution in [3.05, 3.63) is 54.1 Å². The van der Waals surface area contributed by atoms with Crippen molar-refractivity contribution in [3.8, 4) is 0 Å². The first-order chi connectivity index (χ1) is 12.2. The molecule has 0 atom stereocenters. The summed E-state index contributed by atoms with van der Waals surface area (Å²) in [5.41, 5.74) is 3.14. The molecule has 1 saturated heterocycles. The maximum absolute atomic E-state index is 12.4. The molecule has 0 spiro atoms. The van der Waals surface area contributed by atoms with Crippen LogP contribution in [-0.2, 0) is 0 Å². The molecule has 2 aromatic carbocycles. The highest BCUT2D eigenvalue weighted by molar-refractivity contribution is 7.22. The number of thiazole rings is 1. The smallest absolute Gasteiger partial charge is 0.321 e. The van der Waals surface area contributed by atoms with E-state index in [1.165, 1.54) is 10.3 Å². The molecular weight excluding hydrogens is 332 g/mol. The molecule has 0 bridgehead atoms. The number of nitrogens with one attached hydrogen (secondary N) is 1. The van der Waals surface area contributed by atoms with Gasteiger partial charge in [-0.15, -0.1) is 0 Å². The van der Waals surface area contributed by atoms with E-state index in [1.807, 2.05) is 35.2 Å². The second kappa shape index (κ2) is 6.72. The lowest BCUT2D eigenvalue weighted by molar-refractivity contribution is 0.208. The summed E-state index contributed by atoms with van der Waals surface area (Å²) in [6, 6.07) is 15.9. The van der Waals surface area contributed by atoms with E-state index in [-0.39, 0.29) is 6.03 Å². The minimum Gasteiger partial charge on any atom is -0.345 e. The molecule has 2 heterocycles. The second-order valence-corrected chi connectivity index (χ2v) is 7.25. The fraction of sp³-hybridized carbons (Fsp3) is 0.263. The normalized spacial score (nSPS) is 14.8. The van der Waals surface area contributed by atoms with Gasteiger partial charge in [0.1, 0.15) is 0 Å². The molecule has 4 rings (SSSR count). The van der Waals surface area contributed by atoms with Gasteiger partial charge in [0.15, 0.2) is 5.13 Å². The van der Waals surface area contributed by atoms with Gasteiger partial charge in [-0.05, 0) is 36.8 Å². The number of nitrogens with zero attached hydrogens (tertiary/aromatic N) is 3. The first kappa shape index (κ1) is 15.9. The Morgan fingerprint density at radius 3 is 2.60 bits per heavy atom. The average molecular weight is 352 g/mol. The monoisotopic (exact) mass is 352 g/mol. The maximum atomic E-state index is 12.4. The third-order valence-electron chi connectivity index (χ3n) is 4.40. The fourth-order valence-corrected chi connectivity index (χ4v) is 4.10. The van der Waals surface area contributed by atoms with Gasteiger partial charge >= 0.3 is 6.03 Å². The highest BCUT2D eigenvalue weighted by atomic mass is 32.1. The van der Waals surface area contributed by atoms with Gasteiger partial charge in [0.2, 0.25) is 0 Å². The first-order valence-electron chi connectivity index (χ1n) is 8.42. The lowest BCUT2D eigenvalue weighted by Crippen LogP contribution is -2.50. The highest BCUT2D eigenvalue weighted by Gasteiger charge is 2.23. The van der Waals surface area contributed by atoms with Crippen molar-refractivity contribution >= 4 is 38.4 Å². The molecule has 1 aliphatic rings. The lowest BCUT2D eigenvalue weighted by Gasteiger charge is -2.34. The Morgan fingerprint density at radius 1 is 1.08 bits per heavy atom. The van der Waals surface area contributed by atoms with Crippen molar-refractivity contribution in [2.45, 2.75) is 6.92 Å². The number of carbonyl (C=O) groups excluding carboxylic acids is 1. The molecule has 1 aliphatic heterocycles. The summed E-state index contributed by atoms with van der Waals surface area (Å²) < 4.78 is 1.22. The zero-order valence-electron chi connectivity index (χ0n) is 14.1. The van der Waals surface area contributed by atoms with E-state index >= 15 is 0 Å². The van der Waals surface area contributed by atoms with Gasteiger partial charge in [-0.3, -0.25) is 0 Å². The number of benzene rings is 2. The predicted octanol–water partition coefficient (Wildman–Crippen LogP) is 3.96. The van der Waals surface area contributed by atoms with Gasteiger partial charge in [0.25, 0.3) is 0 Å². The number of piperazine rings is 1. The number of anilines is 2. The first-order valence-corrected chi connectivity index (χ1v) is 9.24. The van der Waals surface area contributed by atoms with Crippen LogP contribution in [0.4, 0.5) is 15.6 Å². The summed E-state index contributed by atoms with van der Waals surface area (Å²) >= 11 is 1.73. The van der Waals surface area contributed by atoms with Crippen molar-refractivity contribution in [1.82, 2.24) is 9.88 Å². The highest BCUT2D eigenvalue weighted by Crippen LogP contribution is 2.30. The minimum atomic E-state index is -0.0363. The van der Waals surface area contributed by atoms with Gasteiger partial charge in [0.05, 0.1) is 10.2 Å². The quantitative estimate of drug-likeness (QED) is 0.759. The van der Waals surface area contributed by atoms with Crippen LogP contribution in [0.5, 0.6) is 0 Å². The Labute approximate surface area is 150 Å². The summed E-state index contributed by atoms with van der Waals surface area (Å²) in [5.74, 6) is 0. The third-order valence-corrected chi connectivity index (χ3v) is 5.47. The van der Waals surface area contributed by atoms with Crippen molar-refractivity contribution in [2.24, 2.45) is 0 Å². The number of carbonyl (C=O) groups is 1. The van der Waals surface area contributed by atoms with Crippen LogP contribution >= 0.6 is 11.3 Å². The fourth-order valence-electron chi connectivity index (χ4n) is 2.98. The molecule has 0 radical (unpaired) electrons. The standard InChI is InChI=1S/C19H20N4OS/c1-14-7-8-16-17(13-14)25-19(21-16)23-11-9-22(10-12-23)18(24)20-15-5-3-2-4-6-15/h2-8,13H,9-12H2,1H3,(H,20,24). The number of hydrogen-bond donors (Lipinski definition) is 1. The van der Waals surface area contributed by atoms with Gasteiger partial charge in [-0.1, -0.05) is 35.6 Å². The Bertz CT molecular complexity index is 885. The average Bonchev–Trinajstić information content (AvgIpc) is 3.06. The topological polar surface area (TPSA) is 48.5 Å². The van der Waals surface area contributed by atoms with Crippen molar-refractivity contribution in [3.63, 3.8) is 0 Å². The molecule has 1 N–H and O–H groups in total. The molecule has 0 aliphatic carbocycles. The van der Waals surface area contributed by atoms with Gasteiger partial charge < -0.3 is 15.1 Å². The van der Waals surface area contributed by atoms with Crippen LogP contribution in [0.1, 0.15) is 5.56 Å². The molecule has 1 fully saturated rings. The number of fused-ring (bicyclic) bond motifs is 1. The van der Waals surface area contributed by atoms with Crippen LogP contribution in [-0.4, -0.2) is 42.1 Å². The predicted molar refractivity (Wildman–Crippen MR) is 104 cm³/mol. The van der Waals surface area contributed by atoms with Gasteiger partial charge in [-0.25, -0.2) is 9.78 Å². The number of urea groups is 1. The van der Waals surface area contributed by atoms with E-state index in [2.05, 4.69) is 35.3 Å². The van der Waals surface area contributed by atoms with Crippen molar-refractivity contribution in [2.75, 3.05) is 36.4 Å². The number of aromatic nitrogens is 1. The number of para-hydroxylation sites is 1. The molecule has 25 heavy (non-hydrogen) atoms. The zero-order valence-corrected chi connectivity index (χ0v) is 14.9. The Morgan fingerprint density at radius 2 is 1.84 bits per heavy atom. The van der Waals surface area contributed by atoms with Crippen LogP contribution in [0.25, 0.3) is 10.2 Å². The maximum Gasteiger partial charge on any atom is 0.321 e. The van der Waals surface area contributed by atoms with E-state index in [0.29, 0.717) is 13.1 Å². The molecule has 0 unspecified atom stereocenters. The van der Waals surface area contributed by atoms with E-state index < -0.39 is 0 Å². The van der Waals surface area contributed by atoms with E-state index in [1.54, 1.807) is 11.3 Å². The summed E-state index contributed by atoms with van der Waals surface area (Å²) in [5, 5.41) is 3.99. The van der Waals surface area contributed by atoms with Crippen LogP contribution in [0, 0.1) is 6.92 Å². The molecule has 6 heteroatoms. The second-order valence-electron chi connectivity index (χ2n) is 6.24. The Kier molecular flexibility index (Phi) is 4.28. The van der Waals surface area contributed by atoms with Crippen LogP contribution < -0.4 is 10.2 Å². The number of hydrogen-bond acceptors (Lipinski definition) is 4. The number of aryl methyl sites for hydroxylation is 1. The summed E-state index contributed by atoms with van der Waals surface area (Å²) in [6.45, 7) is 5.12. The molecule has 2 amide bonds. The molecule has 3 aromatic rings. The number of amides is 2. The SMILES string of the molecule is Cc1ccc2nc(N3CCN(C(=O)Nc4ccccc4)CC3)sc2c1. The summed E-state index contributed by atoms with van der Waals surface area (Å²) in [7, 11) is 0. The summed E-state index contributed by atoms with van der Waals surface area (Å²) in [6.07, 6.45) is 0. The lowest BCUT2D eigenvalue weighted by atomic mass is 10.2. The van der Waals surface area contributed by atoms with Crippen LogP contribution in [0.15, 0.2) is 48.5 Å². The Hall–Kier alpha value is -2.60. The summed E-state index contributed by atoms with van der Waals surface area (Å²) in [4.78, 5) is 21.2. The van der Waals surface area contributed by atoms with Crippen LogP contribution in [0.3, 0.4) is 0 Å². The number of rotatable bonds is 2. The molecule has 5 nitrogen and oxygen atoms in total. The van der Waals surface area contributed by atoms with Crippen molar-refractivity contribution < 1.29 is 4.79 Å². The largest absolute Gasteiger partial charge is 0.345 e. The van der Waals surface area contributed by atoms with E-state index in [4.69, 9.17) is 4.98 Å². The molecule has 0 saturated carbocycles. The van der Waals surface area contributed by atoms with E-state index in [0.717, 1.165) is 29.4 Å². The minimum absolute atomic E-state index is 0.0363.